The predicted octanol–water partition coefficient (Wildman–Crippen LogP) is 6.21. The lowest BCUT2D eigenvalue weighted by Gasteiger charge is -2.29. The minimum absolute atomic E-state index is 0.00355. The van der Waals surface area contributed by atoms with Crippen molar-refractivity contribution in [3.05, 3.63) is 112 Å². The summed E-state index contributed by atoms with van der Waals surface area (Å²) in [5.41, 5.74) is 3.49. The molecular weight excluding hydrogens is 536 g/mol. The smallest absolute Gasteiger partial charge is 0.271 e. The molecule has 2 atom stereocenters. The van der Waals surface area contributed by atoms with Crippen LogP contribution in [-0.2, 0) is 4.79 Å². The number of hydrogen-bond donors (Lipinski definition) is 2. The van der Waals surface area contributed by atoms with E-state index in [-0.39, 0.29) is 29.6 Å². The van der Waals surface area contributed by atoms with Crippen molar-refractivity contribution in [1.29, 1.82) is 0 Å². The van der Waals surface area contributed by atoms with E-state index in [0.717, 1.165) is 17.1 Å². The largest absolute Gasteiger partial charge is 0.351 e. The number of amides is 1. The fraction of sp³-hybridized carbons (Fsp3) is 0.179. The molecule has 1 amide bonds. The van der Waals surface area contributed by atoms with Crippen LogP contribution in [0.4, 0.5) is 17.1 Å². The topological polar surface area (TPSA) is 105 Å². The van der Waals surface area contributed by atoms with Gasteiger partial charge in [-0.2, -0.15) is 0 Å². The molecule has 1 fully saturated rings. The number of nitrogens with zero attached hydrogens (tertiary/aromatic N) is 4. The molecule has 4 aromatic rings. The van der Waals surface area contributed by atoms with Crippen molar-refractivity contribution in [2.75, 3.05) is 10.2 Å². The number of nitro groups is 1. The molecule has 9 nitrogen and oxygen atoms in total. The number of thiocarbonyl (C=S) groups is 1. The zero-order valence-corrected chi connectivity index (χ0v) is 22.7. The van der Waals surface area contributed by atoms with Crippen LogP contribution in [0.2, 0.25) is 5.02 Å². The molecule has 5 rings (SSSR count). The molecule has 3 heterocycles. The lowest BCUT2D eigenvalue weighted by molar-refractivity contribution is -0.384. The second-order valence-corrected chi connectivity index (χ2v) is 10.2. The van der Waals surface area contributed by atoms with Gasteiger partial charge in [0.05, 0.1) is 33.1 Å². The van der Waals surface area contributed by atoms with E-state index in [1.165, 1.54) is 12.1 Å². The molecule has 0 bridgehead atoms. The van der Waals surface area contributed by atoms with Gasteiger partial charge >= 0.3 is 0 Å². The lowest BCUT2D eigenvalue weighted by atomic mass is 10.0. The number of aromatic nitrogens is 2. The molecule has 0 radical (unpaired) electrons. The van der Waals surface area contributed by atoms with Crippen molar-refractivity contribution < 1.29 is 9.72 Å². The third-order valence-corrected chi connectivity index (χ3v) is 7.14. The fourth-order valence-corrected chi connectivity index (χ4v) is 5.16. The van der Waals surface area contributed by atoms with Crippen LogP contribution in [-0.4, -0.2) is 25.5 Å². The van der Waals surface area contributed by atoms with Gasteiger partial charge in [0.15, 0.2) is 5.11 Å². The number of non-ortho nitro benzene ring substituents is 1. The molecule has 2 N–H and O–H groups in total. The Morgan fingerprint density at radius 2 is 1.92 bits per heavy atom. The van der Waals surface area contributed by atoms with E-state index >= 15 is 0 Å². The molecule has 11 heteroatoms. The number of anilines is 2. The van der Waals surface area contributed by atoms with Gasteiger partial charge in [0, 0.05) is 41.8 Å². The molecule has 1 aliphatic heterocycles. The number of pyridine rings is 1. The number of nitro benzene ring substituents is 1. The predicted molar refractivity (Wildman–Crippen MR) is 155 cm³/mol. The first-order valence-electron chi connectivity index (χ1n) is 12.3. The van der Waals surface area contributed by atoms with Crippen molar-refractivity contribution in [3.8, 4) is 5.69 Å². The zero-order chi connectivity index (χ0) is 27.7. The van der Waals surface area contributed by atoms with Crippen molar-refractivity contribution >= 4 is 51.9 Å². The molecule has 2 aromatic carbocycles. The normalized spacial score (nSPS) is 16.8. The first kappa shape index (κ1) is 26.3. The summed E-state index contributed by atoms with van der Waals surface area (Å²) in [4.78, 5) is 29.8. The number of carbonyl (C=O) groups is 1. The van der Waals surface area contributed by atoms with Gasteiger partial charge in [-0.1, -0.05) is 37.6 Å². The molecule has 1 aliphatic rings. The summed E-state index contributed by atoms with van der Waals surface area (Å²) in [7, 11) is 0. The zero-order valence-electron chi connectivity index (χ0n) is 21.1. The van der Waals surface area contributed by atoms with Crippen LogP contribution in [0.25, 0.3) is 5.69 Å². The Labute approximate surface area is 235 Å². The van der Waals surface area contributed by atoms with Crippen LogP contribution in [0.3, 0.4) is 0 Å². The maximum Gasteiger partial charge on any atom is 0.271 e. The SMILES string of the molecule is CC(C)C(=O)Nc1ccc(N2C(=S)N[C@@H](c3ccccn3)[C@H]2c2cccn2-c2cccc([N+](=O)[O-])c2)cc1Cl. The van der Waals surface area contributed by atoms with Gasteiger partial charge in [-0.15, -0.1) is 0 Å². The number of halogens is 1. The third-order valence-electron chi connectivity index (χ3n) is 6.51. The molecule has 0 spiro atoms. The van der Waals surface area contributed by atoms with Crippen molar-refractivity contribution in [1.82, 2.24) is 14.9 Å². The van der Waals surface area contributed by atoms with Gasteiger partial charge in [0.25, 0.3) is 5.69 Å². The first-order chi connectivity index (χ1) is 18.7. The van der Waals surface area contributed by atoms with Gasteiger partial charge in [0.2, 0.25) is 5.91 Å². The number of carbonyl (C=O) groups excluding carboxylic acids is 1. The molecule has 0 saturated carbocycles. The van der Waals surface area contributed by atoms with E-state index in [0.29, 0.717) is 21.5 Å². The summed E-state index contributed by atoms with van der Waals surface area (Å²) in [5.74, 6) is -0.327. The maximum absolute atomic E-state index is 12.2. The van der Waals surface area contributed by atoms with Gasteiger partial charge < -0.3 is 20.1 Å². The Morgan fingerprint density at radius 3 is 2.62 bits per heavy atom. The second-order valence-electron chi connectivity index (χ2n) is 9.38. The van der Waals surface area contributed by atoms with E-state index < -0.39 is 4.92 Å². The molecule has 1 saturated heterocycles. The summed E-state index contributed by atoms with van der Waals surface area (Å²) in [5, 5.41) is 18.6. The second kappa shape index (κ2) is 10.8. The first-order valence-corrected chi connectivity index (χ1v) is 13.1. The highest BCUT2D eigenvalue weighted by Crippen LogP contribution is 2.43. The summed E-state index contributed by atoms with van der Waals surface area (Å²) in [6, 6.07) is 20.7. The van der Waals surface area contributed by atoms with Crippen LogP contribution in [0.5, 0.6) is 0 Å². The van der Waals surface area contributed by atoms with Crippen molar-refractivity contribution in [2.45, 2.75) is 25.9 Å². The highest BCUT2D eigenvalue weighted by molar-refractivity contribution is 7.80. The fourth-order valence-electron chi connectivity index (χ4n) is 4.59. The summed E-state index contributed by atoms with van der Waals surface area (Å²) in [6.45, 7) is 3.62. The van der Waals surface area contributed by atoms with Crippen LogP contribution in [0.1, 0.15) is 37.3 Å². The standard InChI is InChI=1S/C28H25ClN6O3S/c1-17(2)27(36)31-22-12-11-19(16-21(22)29)34-26(25(32-28(34)39)23-9-3-4-13-30-23)24-10-6-14-33(24)18-7-5-8-20(15-18)35(37)38/h3-17,25-26H,1-2H3,(H,31,36)(H,32,39)/t25-,26+/m0/s1. The molecular formula is C28H25ClN6O3S. The summed E-state index contributed by atoms with van der Waals surface area (Å²) >= 11 is 12.4. The van der Waals surface area contributed by atoms with Crippen molar-refractivity contribution in [2.24, 2.45) is 5.92 Å². The highest BCUT2D eigenvalue weighted by atomic mass is 35.5. The maximum atomic E-state index is 12.2. The molecule has 0 aliphatic carbocycles. The van der Waals surface area contributed by atoms with Crippen LogP contribution >= 0.6 is 23.8 Å². The Kier molecular flexibility index (Phi) is 7.32. The molecule has 39 heavy (non-hydrogen) atoms. The van der Waals surface area contributed by atoms with Crippen LogP contribution in [0, 0.1) is 16.0 Å². The van der Waals surface area contributed by atoms with Gasteiger partial charge in [-0.25, -0.2) is 0 Å². The average molecular weight is 561 g/mol. The Balaban J connectivity index is 1.61. The lowest BCUT2D eigenvalue weighted by Crippen LogP contribution is -2.30. The number of benzene rings is 2. The van der Waals surface area contributed by atoms with Gasteiger partial charge in [0.1, 0.15) is 6.04 Å². The molecule has 198 valence electrons. The van der Waals surface area contributed by atoms with Gasteiger partial charge in [-0.05, 0) is 60.7 Å². The monoisotopic (exact) mass is 560 g/mol. The summed E-state index contributed by atoms with van der Waals surface area (Å²) in [6.07, 6.45) is 3.59. The molecule has 0 unspecified atom stereocenters. The average Bonchev–Trinajstić information content (AvgIpc) is 3.54. The number of hydrogen-bond acceptors (Lipinski definition) is 5. The molecule has 2 aromatic heterocycles. The number of rotatable bonds is 7. The van der Waals surface area contributed by atoms with Crippen molar-refractivity contribution in [3.63, 3.8) is 0 Å². The van der Waals surface area contributed by atoms with Gasteiger partial charge in [-0.3, -0.25) is 19.9 Å². The Bertz CT molecular complexity index is 1560. The Morgan fingerprint density at radius 1 is 1.10 bits per heavy atom. The highest BCUT2D eigenvalue weighted by Gasteiger charge is 2.42. The minimum Gasteiger partial charge on any atom is -0.351 e. The summed E-state index contributed by atoms with van der Waals surface area (Å²) < 4.78 is 1.91. The quantitative estimate of drug-likeness (QED) is 0.157. The number of nitrogens with one attached hydrogen (secondary N) is 2. The van der Waals surface area contributed by atoms with Crippen LogP contribution < -0.4 is 15.5 Å². The van der Waals surface area contributed by atoms with E-state index in [9.17, 15) is 14.9 Å². The Hall–Kier alpha value is -4.28. The van der Waals surface area contributed by atoms with E-state index in [2.05, 4.69) is 15.6 Å². The van der Waals surface area contributed by atoms with E-state index in [4.69, 9.17) is 23.8 Å². The van der Waals surface area contributed by atoms with E-state index in [1.54, 1.807) is 24.4 Å². The van der Waals surface area contributed by atoms with E-state index in [1.807, 2.05) is 72.0 Å². The third kappa shape index (κ3) is 5.21. The minimum atomic E-state index is -0.413. The van der Waals surface area contributed by atoms with Crippen LogP contribution in [0.15, 0.2) is 85.2 Å².